The minimum Gasteiger partial charge on any atom is -0.396 e. The van der Waals surface area contributed by atoms with Crippen molar-refractivity contribution in [3.63, 3.8) is 0 Å². The number of hydrogen-bond donors (Lipinski definition) is 2. The van der Waals surface area contributed by atoms with Gasteiger partial charge >= 0.3 is 0 Å². The average Bonchev–Trinajstić information content (AvgIpc) is 2.18. The van der Waals surface area contributed by atoms with Crippen LogP contribution in [0.3, 0.4) is 0 Å². The Morgan fingerprint density at radius 3 is 3.15 bits per heavy atom. The smallest absolute Gasteiger partial charge is 0.0478 e. The van der Waals surface area contributed by atoms with Crippen molar-refractivity contribution in [2.24, 2.45) is 0 Å². The van der Waals surface area contributed by atoms with Gasteiger partial charge < -0.3 is 10.4 Å². The highest BCUT2D eigenvalue weighted by molar-refractivity contribution is 8.00. The Morgan fingerprint density at radius 1 is 1.46 bits per heavy atom. The zero-order valence-electron chi connectivity index (χ0n) is 7.36. The van der Waals surface area contributed by atoms with Gasteiger partial charge in [0.2, 0.25) is 0 Å². The number of para-hydroxylation sites is 1. The molecule has 1 aromatic rings. The zero-order valence-corrected chi connectivity index (χ0v) is 8.18. The number of rotatable bonds is 2. The fourth-order valence-corrected chi connectivity index (χ4v) is 2.64. The van der Waals surface area contributed by atoms with Crippen molar-refractivity contribution in [1.29, 1.82) is 0 Å². The lowest BCUT2D eigenvalue weighted by molar-refractivity contribution is 0.288. The van der Waals surface area contributed by atoms with Crippen molar-refractivity contribution in [1.82, 2.24) is 0 Å². The van der Waals surface area contributed by atoms with Gasteiger partial charge in [-0.05, 0) is 18.6 Å². The SMILES string of the molecule is OCCC1CNc2ccccc2S1. The van der Waals surface area contributed by atoms with Gasteiger partial charge in [0.1, 0.15) is 0 Å². The van der Waals surface area contributed by atoms with Crippen LogP contribution in [0.25, 0.3) is 0 Å². The zero-order chi connectivity index (χ0) is 9.10. The van der Waals surface area contributed by atoms with Crippen LogP contribution in [-0.2, 0) is 0 Å². The van der Waals surface area contributed by atoms with Crippen molar-refractivity contribution in [2.45, 2.75) is 16.6 Å². The summed E-state index contributed by atoms with van der Waals surface area (Å²) in [6, 6.07) is 8.31. The van der Waals surface area contributed by atoms with Crippen LogP contribution in [-0.4, -0.2) is 23.5 Å². The van der Waals surface area contributed by atoms with Crippen molar-refractivity contribution in [2.75, 3.05) is 18.5 Å². The Labute approximate surface area is 82.4 Å². The molecule has 0 radical (unpaired) electrons. The van der Waals surface area contributed by atoms with Gasteiger partial charge in [0.25, 0.3) is 0 Å². The number of hydrogen-bond acceptors (Lipinski definition) is 3. The first-order valence-electron chi connectivity index (χ1n) is 4.50. The molecular formula is C10H13NOS. The van der Waals surface area contributed by atoms with Gasteiger partial charge in [-0.15, -0.1) is 11.8 Å². The molecular weight excluding hydrogens is 182 g/mol. The molecule has 0 saturated heterocycles. The molecule has 0 fully saturated rings. The molecule has 0 bridgehead atoms. The number of nitrogens with one attached hydrogen (secondary N) is 1. The second-order valence-electron chi connectivity index (χ2n) is 3.13. The molecule has 0 aliphatic carbocycles. The van der Waals surface area contributed by atoms with Crippen LogP contribution in [0.1, 0.15) is 6.42 Å². The summed E-state index contributed by atoms with van der Waals surface area (Å²) < 4.78 is 0. The monoisotopic (exact) mass is 195 g/mol. The van der Waals surface area contributed by atoms with E-state index in [9.17, 15) is 0 Å². The van der Waals surface area contributed by atoms with Gasteiger partial charge in [-0.3, -0.25) is 0 Å². The van der Waals surface area contributed by atoms with Crippen LogP contribution >= 0.6 is 11.8 Å². The van der Waals surface area contributed by atoms with Gasteiger partial charge in [-0.25, -0.2) is 0 Å². The van der Waals surface area contributed by atoms with Crippen LogP contribution in [0.2, 0.25) is 0 Å². The summed E-state index contributed by atoms with van der Waals surface area (Å²) in [7, 11) is 0. The van der Waals surface area contributed by atoms with E-state index < -0.39 is 0 Å². The second-order valence-corrected chi connectivity index (χ2v) is 4.47. The Hall–Kier alpha value is -0.670. The molecule has 13 heavy (non-hydrogen) atoms. The van der Waals surface area contributed by atoms with Crippen LogP contribution < -0.4 is 5.32 Å². The van der Waals surface area contributed by atoms with Gasteiger partial charge in [0.05, 0.1) is 0 Å². The summed E-state index contributed by atoms with van der Waals surface area (Å²) in [6.45, 7) is 1.24. The molecule has 0 saturated carbocycles. The predicted molar refractivity (Wildman–Crippen MR) is 56.3 cm³/mol. The Morgan fingerprint density at radius 2 is 2.31 bits per heavy atom. The minimum absolute atomic E-state index is 0.279. The van der Waals surface area contributed by atoms with Crippen molar-refractivity contribution in [3.05, 3.63) is 24.3 Å². The van der Waals surface area contributed by atoms with Gasteiger partial charge in [-0.1, -0.05) is 12.1 Å². The van der Waals surface area contributed by atoms with E-state index in [1.54, 1.807) is 0 Å². The van der Waals surface area contributed by atoms with Crippen molar-refractivity contribution in [3.8, 4) is 0 Å². The standard InChI is InChI=1S/C10H13NOS/c12-6-5-8-7-11-9-3-1-2-4-10(9)13-8/h1-4,8,11-12H,5-7H2. The fourth-order valence-electron chi connectivity index (χ4n) is 1.47. The minimum atomic E-state index is 0.279. The quantitative estimate of drug-likeness (QED) is 0.756. The summed E-state index contributed by atoms with van der Waals surface area (Å²) in [5.74, 6) is 0. The number of aliphatic hydroxyl groups is 1. The predicted octanol–water partition coefficient (Wildman–Crippen LogP) is 1.96. The summed E-state index contributed by atoms with van der Waals surface area (Å²) in [6.07, 6.45) is 0.867. The highest BCUT2D eigenvalue weighted by Gasteiger charge is 2.17. The largest absolute Gasteiger partial charge is 0.396 e. The van der Waals surface area contributed by atoms with Crippen molar-refractivity contribution >= 4 is 17.4 Å². The van der Waals surface area contributed by atoms with E-state index in [1.807, 2.05) is 17.8 Å². The van der Waals surface area contributed by atoms with E-state index in [0.717, 1.165) is 13.0 Å². The third kappa shape index (κ3) is 1.98. The molecule has 1 aliphatic heterocycles. The van der Waals surface area contributed by atoms with Crippen LogP contribution in [0.4, 0.5) is 5.69 Å². The number of fused-ring (bicyclic) bond motifs is 1. The maximum absolute atomic E-state index is 8.83. The Bertz CT molecular complexity index is 290. The van der Waals surface area contributed by atoms with E-state index in [1.165, 1.54) is 10.6 Å². The van der Waals surface area contributed by atoms with E-state index in [4.69, 9.17) is 5.11 Å². The molecule has 1 aliphatic rings. The highest BCUT2D eigenvalue weighted by Crippen LogP contribution is 2.35. The van der Waals surface area contributed by atoms with Crippen LogP contribution in [0.15, 0.2) is 29.2 Å². The lowest BCUT2D eigenvalue weighted by atomic mass is 10.2. The van der Waals surface area contributed by atoms with E-state index in [2.05, 4.69) is 23.5 Å². The maximum atomic E-state index is 8.83. The molecule has 3 heteroatoms. The maximum Gasteiger partial charge on any atom is 0.0478 e. The Kier molecular flexibility index (Phi) is 2.76. The third-order valence-corrected chi connectivity index (χ3v) is 3.50. The summed E-state index contributed by atoms with van der Waals surface area (Å²) in [5.41, 5.74) is 1.22. The normalized spacial score (nSPS) is 20.5. The van der Waals surface area contributed by atoms with Gasteiger partial charge in [0.15, 0.2) is 0 Å². The van der Waals surface area contributed by atoms with Gasteiger partial charge in [0, 0.05) is 29.0 Å². The lowest BCUT2D eigenvalue weighted by Crippen LogP contribution is -2.22. The van der Waals surface area contributed by atoms with E-state index in [0.29, 0.717) is 5.25 Å². The second kappa shape index (κ2) is 4.03. The average molecular weight is 195 g/mol. The topological polar surface area (TPSA) is 32.3 Å². The fraction of sp³-hybridized carbons (Fsp3) is 0.400. The molecule has 0 aromatic heterocycles. The molecule has 2 rings (SSSR count). The first-order chi connectivity index (χ1) is 6.40. The molecule has 70 valence electrons. The van der Waals surface area contributed by atoms with E-state index in [-0.39, 0.29) is 6.61 Å². The summed E-state index contributed by atoms with van der Waals surface area (Å²) in [5, 5.41) is 12.7. The third-order valence-electron chi connectivity index (χ3n) is 2.15. The molecule has 1 atom stereocenters. The Balaban J connectivity index is 2.11. The summed E-state index contributed by atoms with van der Waals surface area (Å²) in [4.78, 5) is 1.30. The van der Waals surface area contributed by atoms with E-state index >= 15 is 0 Å². The van der Waals surface area contributed by atoms with Crippen LogP contribution in [0.5, 0.6) is 0 Å². The molecule has 1 unspecified atom stereocenters. The first-order valence-corrected chi connectivity index (χ1v) is 5.38. The first kappa shape index (κ1) is 8.91. The molecule has 1 heterocycles. The van der Waals surface area contributed by atoms with Gasteiger partial charge in [-0.2, -0.15) is 0 Å². The number of thioether (sulfide) groups is 1. The highest BCUT2D eigenvalue weighted by atomic mass is 32.2. The number of aliphatic hydroxyl groups excluding tert-OH is 1. The molecule has 2 nitrogen and oxygen atoms in total. The lowest BCUT2D eigenvalue weighted by Gasteiger charge is -2.24. The molecule has 0 spiro atoms. The van der Waals surface area contributed by atoms with Crippen LogP contribution in [0, 0.1) is 0 Å². The molecule has 1 aromatic carbocycles. The number of anilines is 1. The van der Waals surface area contributed by atoms with Crippen molar-refractivity contribution < 1.29 is 5.11 Å². The molecule has 2 N–H and O–H groups in total. The summed E-state index contributed by atoms with van der Waals surface area (Å²) >= 11 is 1.86. The number of benzene rings is 1. The molecule has 0 amide bonds.